The molecule has 5 nitrogen and oxygen atoms in total. The number of fused-ring (bicyclic) bond motifs is 2. The summed E-state index contributed by atoms with van der Waals surface area (Å²) in [6.45, 7) is 0.902. The fraction of sp³-hybridized carbons (Fsp3) is 0.333. The Morgan fingerprint density at radius 1 is 1.21 bits per heavy atom. The van der Waals surface area contributed by atoms with E-state index < -0.39 is 11.5 Å². The molecule has 0 saturated carbocycles. The highest BCUT2D eigenvalue weighted by atomic mass is 79.9. The monoisotopic (exact) mass is 446 g/mol. The Morgan fingerprint density at radius 3 is 2.57 bits per heavy atom. The molecule has 1 spiro atoms. The second kappa shape index (κ2) is 7.20. The minimum Gasteiger partial charge on any atom is -0.445 e. The number of amides is 2. The molecule has 1 fully saturated rings. The first-order valence-corrected chi connectivity index (χ1v) is 9.95. The number of likely N-dealkylation sites (tertiary alicyclic amines) is 1. The van der Waals surface area contributed by atoms with Gasteiger partial charge in [0.2, 0.25) is 5.91 Å². The van der Waals surface area contributed by atoms with Crippen LogP contribution in [-0.2, 0) is 21.6 Å². The van der Waals surface area contributed by atoms with E-state index in [1.807, 2.05) is 30.3 Å². The number of ether oxygens (including phenoxy) is 1. The van der Waals surface area contributed by atoms with Crippen LogP contribution in [0.5, 0.6) is 0 Å². The standard InChI is InChI=1S/C21H20BrFN2O3/c1-24-17-12-15(22)11-16(23)18(17)21(19(24)26)7-9-25(10-8-21)20(27)28-13-14-5-3-2-4-6-14/h2-6,11-12H,7-10,13H2,1H3. The molecule has 2 aromatic rings. The average Bonchev–Trinajstić information content (AvgIpc) is 2.90. The average molecular weight is 447 g/mol. The summed E-state index contributed by atoms with van der Waals surface area (Å²) in [4.78, 5) is 28.5. The zero-order valence-electron chi connectivity index (χ0n) is 15.5. The molecule has 0 N–H and O–H groups in total. The third-order valence-electron chi connectivity index (χ3n) is 5.67. The van der Waals surface area contributed by atoms with Gasteiger partial charge in [0.15, 0.2) is 0 Å². The van der Waals surface area contributed by atoms with E-state index in [1.165, 1.54) is 11.0 Å². The highest BCUT2D eigenvalue weighted by molar-refractivity contribution is 9.10. The molecular weight excluding hydrogens is 427 g/mol. The molecule has 4 rings (SSSR count). The summed E-state index contributed by atoms with van der Waals surface area (Å²) < 4.78 is 20.8. The Kier molecular flexibility index (Phi) is 4.87. The maximum absolute atomic E-state index is 14.8. The third kappa shape index (κ3) is 3.07. The van der Waals surface area contributed by atoms with Crippen molar-refractivity contribution in [3.8, 4) is 0 Å². The normalized spacial score (nSPS) is 17.8. The molecule has 0 aromatic heterocycles. The SMILES string of the molecule is CN1C(=O)C2(CCN(C(=O)OCc3ccccc3)CC2)c2c(F)cc(Br)cc21. The van der Waals surface area contributed by atoms with E-state index in [1.54, 1.807) is 18.0 Å². The molecule has 2 amide bonds. The van der Waals surface area contributed by atoms with E-state index in [-0.39, 0.29) is 18.3 Å². The third-order valence-corrected chi connectivity index (χ3v) is 6.13. The fourth-order valence-electron chi connectivity index (χ4n) is 4.18. The number of rotatable bonds is 2. The summed E-state index contributed by atoms with van der Waals surface area (Å²) in [5.74, 6) is -0.501. The summed E-state index contributed by atoms with van der Waals surface area (Å²) in [5, 5.41) is 0. The molecule has 0 atom stereocenters. The second-order valence-corrected chi connectivity index (χ2v) is 8.17. The number of nitrogens with zero attached hydrogens (tertiary/aromatic N) is 2. The van der Waals surface area contributed by atoms with Crippen molar-refractivity contribution in [3.63, 3.8) is 0 Å². The van der Waals surface area contributed by atoms with E-state index in [4.69, 9.17) is 4.74 Å². The molecule has 2 aliphatic rings. The summed E-state index contributed by atoms with van der Waals surface area (Å²) in [5.41, 5.74) is 1.04. The highest BCUT2D eigenvalue weighted by Gasteiger charge is 2.53. The Morgan fingerprint density at radius 2 is 1.89 bits per heavy atom. The van der Waals surface area contributed by atoms with E-state index in [0.717, 1.165) is 5.56 Å². The van der Waals surface area contributed by atoms with Gasteiger partial charge in [-0.1, -0.05) is 46.3 Å². The number of piperidine rings is 1. The van der Waals surface area contributed by atoms with Crippen LogP contribution in [0.1, 0.15) is 24.0 Å². The molecule has 2 aliphatic heterocycles. The van der Waals surface area contributed by atoms with Gasteiger partial charge >= 0.3 is 6.09 Å². The van der Waals surface area contributed by atoms with Gasteiger partial charge < -0.3 is 14.5 Å². The van der Waals surface area contributed by atoms with Crippen LogP contribution in [0.15, 0.2) is 46.9 Å². The zero-order valence-corrected chi connectivity index (χ0v) is 17.0. The van der Waals surface area contributed by atoms with Gasteiger partial charge in [0.25, 0.3) is 0 Å². The predicted octanol–water partition coefficient (Wildman–Crippen LogP) is 4.24. The lowest BCUT2D eigenvalue weighted by atomic mass is 9.73. The lowest BCUT2D eigenvalue weighted by molar-refractivity contribution is -0.124. The largest absolute Gasteiger partial charge is 0.445 e. The number of hydrogen-bond donors (Lipinski definition) is 0. The Balaban J connectivity index is 1.48. The first-order valence-electron chi connectivity index (χ1n) is 9.16. The Labute approximate surface area is 171 Å². The second-order valence-electron chi connectivity index (χ2n) is 7.26. The summed E-state index contributed by atoms with van der Waals surface area (Å²) in [6.07, 6.45) is 0.346. The van der Waals surface area contributed by atoms with Crippen LogP contribution in [0.25, 0.3) is 0 Å². The van der Waals surface area contributed by atoms with Crippen LogP contribution < -0.4 is 4.90 Å². The number of likely N-dealkylation sites (N-methyl/N-ethyl adjacent to an activating group) is 1. The predicted molar refractivity (Wildman–Crippen MR) is 107 cm³/mol. The zero-order chi connectivity index (χ0) is 19.9. The smallest absolute Gasteiger partial charge is 0.410 e. The van der Waals surface area contributed by atoms with Crippen molar-refractivity contribution in [1.82, 2.24) is 4.90 Å². The van der Waals surface area contributed by atoms with Gasteiger partial charge in [-0.25, -0.2) is 9.18 Å². The van der Waals surface area contributed by atoms with Crippen LogP contribution in [0.2, 0.25) is 0 Å². The molecule has 0 bridgehead atoms. The summed E-state index contributed by atoms with van der Waals surface area (Å²) >= 11 is 3.29. The van der Waals surface area contributed by atoms with Crippen LogP contribution in [0.4, 0.5) is 14.9 Å². The molecule has 0 unspecified atom stereocenters. The number of benzene rings is 2. The summed E-state index contributed by atoms with van der Waals surface area (Å²) in [6, 6.07) is 12.6. The molecule has 28 heavy (non-hydrogen) atoms. The fourth-order valence-corrected chi connectivity index (χ4v) is 4.60. The number of carbonyl (C=O) groups excluding carboxylic acids is 2. The van der Waals surface area contributed by atoms with Crippen LogP contribution in [-0.4, -0.2) is 37.0 Å². The van der Waals surface area contributed by atoms with E-state index >= 15 is 0 Å². The number of carbonyl (C=O) groups is 2. The molecule has 146 valence electrons. The molecule has 0 radical (unpaired) electrons. The van der Waals surface area contributed by atoms with Crippen molar-refractivity contribution in [1.29, 1.82) is 0 Å². The van der Waals surface area contributed by atoms with E-state index in [0.29, 0.717) is 41.7 Å². The van der Waals surface area contributed by atoms with Crippen molar-refractivity contribution in [2.75, 3.05) is 25.0 Å². The first kappa shape index (κ1) is 18.9. The van der Waals surface area contributed by atoms with Gasteiger partial charge in [-0.3, -0.25) is 4.79 Å². The maximum Gasteiger partial charge on any atom is 0.410 e. The van der Waals surface area contributed by atoms with Crippen molar-refractivity contribution >= 4 is 33.6 Å². The van der Waals surface area contributed by atoms with Gasteiger partial charge in [0.1, 0.15) is 12.4 Å². The minimum absolute atomic E-state index is 0.114. The number of hydrogen-bond acceptors (Lipinski definition) is 3. The van der Waals surface area contributed by atoms with Crippen molar-refractivity contribution in [2.45, 2.75) is 24.9 Å². The molecular formula is C21H20BrFN2O3. The number of anilines is 1. The van der Waals surface area contributed by atoms with Crippen molar-refractivity contribution in [3.05, 3.63) is 63.9 Å². The van der Waals surface area contributed by atoms with E-state index in [9.17, 15) is 14.0 Å². The van der Waals surface area contributed by atoms with E-state index in [2.05, 4.69) is 15.9 Å². The van der Waals surface area contributed by atoms with Gasteiger partial charge in [-0.15, -0.1) is 0 Å². The van der Waals surface area contributed by atoms with Crippen LogP contribution in [0, 0.1) is 5.82 Å². The molecule has 2 aromatic carbocycles. The highest BCUT2D eigenvalue weighted by Crippen LogP contribution is 2.49. The van der Waals surface area contributed by atoms with Crippen molar-refractivity contribution < 1.29 is 18.7 Å². The Hall–Kier alpha value is -2.41. The Bertz CT molecular complexity index is 927. The lowest BCUT2D eigenvalue weighted by Crippen LogP contribution is -2.50. The first-order chi connectivity index (χ1) is 13.4. The summed E-state index contributed by atoms with van der Waals surface area (Å²) in [7, 11) is 1.67. The van der Waals surface area contributed by atoms with Gasteiger partial charge in [0.05, 0.1) is 11.1 Å². The quantitative estimate of drug-likeness (QED) is 0.693. The van der Waals surface area contributed by atoms with Crippen molar-refractivity contribution in [2.24, 2.45) is 0 Å². The van der Waals surface area contributed by atoms with Crippen LogP contribution >= 0.6 is 15.9 Å². The van der Waals surface area contributed by atoms with Gasteiger partial charge in [0, 0.05) is 30.2 Å². The molecule has 0 aliphatic carbocycles. The maximum atomic E-state index is 14.8. The molecule has 7 heteroatoms. The lowest BCUT2D eigenvalue weighted by Gasteiger charge is -2.37. The van der Waals surface area contributed by atoms with Gasteiger partial charge in [-0.2, -0.15) is 0 Å². The molecule has 1 saturated heterocycles. The van der Waals surface area contributed by atoms with Gasteiger partial charge in [-0.05, 0) is 30.5 Å². The van der Waals surface area contributed by atoms with Crippen LogP contribution in [0.3, 0.4) is 0 Å². The topological polar surface area (TPSA) is 49.9 Å². The molecule has 2 heterocycles. The minimum atomic E-state index is -0.912. The number of halogens is 2.